The molecule has 3 N–H and O–H groups in total. The van der Waals surface area contributed by atoms with Crippen molar-refractivity contribution in [2.45, 2.75) is 6.92 Å². The molecule has 0 aliphatic rings. The van der Waals surface area contributed by atoms with Gasteiger partial charge < -0.3 is 15.8 Å². The Balaban J connectivity index is 2.94. The van der Waals surface area contributed by atoms with Crippen molar-refractivity contribution in [2.24, 2.45) is 0 Å². The molecule has 0 amide bonds. The lowest BCUT2D eigenvalue weighted by molar-refractivity contribution is 0.415. The molecule has 0 unspecified atom stereocenters. The maximum atomic E-state index is 5.82. The molecule has 3 nitrogen and oxygen atoms in total. The SMILES string of the molecule is CCNC(=S)c1ccc(OC)cc1N. The van der Waals surface area contributed by atoms with Gasteiger partial charge in [-0.3, -0.25) is 0 Å². The summed E-state index contributed by atoms with van der Waals surface area (Å²) >= 11 is 5.15. The number of benzene rings is 1. The van der Waals surface area contributed by atoms with Crippen LogP contribution in [0.3, 0.4) is 0 Å². The van der Waals surface area contributed by atoms with Crippen LogP contribution in [0.25, 0.3) is 0 Å². The van der Waals surface area contributed by atoms with E-state index in [4.69, 9.17) is 22.7 Å². The Labute approximate surface area is 89.3 Å². The first-order valence-corrected chi connectivity index (χ1v) is 4.81. The van der Waals surface area contributed by atoms with E-state index in [2.05, 4.69) is 5.32 Å². The molecular weight excluding hydrogens is 196 g/mol. The number of hydrogen-bond acceptors (Lipinski definition) is 3. The maximum Gasteiger partial charge on any atom is 0.120 e. The summed E-state index contributed by atoms with van der Waals surface area (Å²) in [5, 5.41) is 3.05. The lowest BCUT2D eigenvalue weighted by Gasteiger charge is -2.09. The number of nitrogen functional groups attached to an aromatic ring is 1. The molecule has 14 heavy (non-hydrogen) atoms. The van der Waals surface area contributed by atoms with Gasteiger partial charge in [0.1, 0.15) is 10.7 Å². The second-order valence-electron chi connectivity index (χ2n) is 2.81. The standard InChI is InChI=1S/C10H14N2OS/c1-3-12-10(14)8-5-4-7(13-2)6-9(8)11/h4-6H,3,11H2,1-2H3,(H,12,14). The van der Waals surface area contributed by atoms with Gasteiger partial charge >= 0.3 is 0 Å². The van der Waals surface area contributed by atoms with Gasteiger partial charge in [0, 0.05) is 23.9 Å². The highest BCUT2D eigenvalue weighted by Gasteiger charge is 2.05. The maximum absolute atomic E-state index is 5.82. The van der Waals surface area contributed by atoms with Gasteiger partial charge in [-0.1, -0.05) is 12.2 Å². The average Bonchev–Trinajstić information content (AvgIpc) is 2.17. The predicted octanol–water partition coefficient (Wildman–Crippen LogP) is 1.56. The van der Waals surface area contributed by atoms with Crippen molar-refractivity contribution in [3.63, 3.8) is 0 Å². The van der Waals surface area contributed by atoms with Gasteiger partial charge in [-0.25, -0.2) is 0 Å². The van der Waals surface area contributed by atoms with Gasteiger partial charge in [0.2, 0.25) is 0 Å². The van der Waals surface area contributed by atoms with Crippen LogP contribution >= 0.6 is 12.2 Å². The van der Waals surface area contributed by atoms with E-state index < -0.39 is 0 Å². The van der Waals surface area contributed by atoms with E-state index in [-0.39, 0.29) is 0 Å². The fourth-order valence-electron chi connectivity index (χ4n) is 1.13. The van der Waals surface area contributed by atoms with Crippen molar-refractivity contribution in [3.05, 3.63) is 23.8 Å². The lowest BCUT2D eigenvalue weighted by Crippen LogP contribution is -2.22. The minimum absolute atomic E-state index is 0.635. The molecule has 4 heteroatoms. The first kappa shape index (κ1) is 10.8. The molecule has 0 aliphatic heterocycles. The number of methoxy groups -OCH3 is 1. The van der Waals surface area contributed by atoms with E-state index in [0.717, 1.165) is 17.9 Å². The third-order valence-corrected chi connectivity index (χ3v) is 2.20. The second kappa shape index (κ2) is 4.81. The molecule has 1 rings (SSSR count). The monoisotopic (exact) mass is 210 g/mol. The van der Waals surface area contributed by atoms with E-state index >= 15 is 0 Å². The quantitative estimate of drug-likeness (QED) is 0.587. The first-order valence-electron chi connectivity index (χ1n) is 4.40. The van der Waals surface area contributed by atoms with Crippen LogP contribution in [0.2, 0.25) is 0 Å². The van der Waals surface area contributed by atoms with Gasteiger partial charge in [-0.05, 0) is 19.1 Å². The summed E-state index contributed by atoms with van der Waals surface area (Å²) in [6.45, 7) is 2.79. The van der Waals surface area contributed by atoms with Crippen LogP contribution in [0.5, 0.6) is 5.75 Å². The van der Waals surface area contributed by atoms with E-state index in [1.807, 2.05) is 19.1 Å². The minimum atomic E-state index is 0.635. The summed E-state index contributed by atoms with van der Waals surface area (Å²) in [5.74, 6) is 0.741. The fourth-order valence-corrected chi connectivity index (χ4v) is 1.46. The average molecular weight is 210 g/mol. The van der Waals surface area contributed by atoms with Crippen LogP contribution in [0, 0.1) is 0 Å². The first-order chi connectivity index (χ1) is 6.69. The highest BCUT2D eigenvalue weighted by Crippen LogP contribution is 2.19. The molecule has 0 spiro atoms. The molecule has 1 aromatic rings. The molecule has 0 aromatic heterocycles. The Morgan fingerprint density at radius 3 is 2.79 bits per heavy atom. The highest BCUT2D eigenvalue weighted by molar-refractivity contribution is 7.80. The zero-order valence-corrected chi connectivity index (χ0v) is 9.15. The predicted molar refractivity (Wildman–Crippen MR) is 62.8 cm³/mol. The van der Waals surface area contributed by atoms with Gasteiger partial charge in [0.15, 0.2) is 0 Å². The molecule has 0 radical (unpaired) electrons. The van der Waals surface area contributed by atoms with Crippen LogP contribution in [0.4, 0.5) is 5.69 Å². The summed E-state index contributed by atoms with van der Waals surface area (Å²) < 4.78 is 5.05. The molecule has 0 fully saturated rings. The van der Waals surface area contributed by atoms with Gasteiger partial charge in [-0.2, -0.15) is 0 Å². The fraction of sp³-hybridized carbons (Fsp3) is 0.300. The summed E-state index contributed by atoms with van der Waals surface area (Å²) in [7, 11) is 1.61. The Hall–Kier alpha value is -1.29. The molecule has 0 saturated carbocycles. The topological polar surface area (TPSA) is 47.3 Å². The Kier molecular flexibility index (Phi) is 3.71. The largest absolute Gasteiger partial charge is 0.497 e. The number of ether oxygens (including phenoxy) is 1. The number of thiocarbonyl (C=S) groups is 1. The molecular formula is C10H14N2OS. The van der Waals surface area contributed by atoms with Crippen LogP contribution in [0.15, 0.2) is 18.2 Å². The van der Waals surface area contributed by atoms with Gasteiger partial charge in [0.05, 0.1) is 7.11 Å². The number of nitrogens with two attached hydrogens (primary N) is 1. The van der Waals surface area contributed by atoms with E-state index in [9.17, 15) is 0 Å². The molecule has 0 aliphatic carbocycles. The summed E-state index contributed by atoms with van der Waals surface area (Å²) in [6.07, 6.45) is 0. The highest BCUT2D eigenvalue weighted by atomic mass is 32.1. The number of rotatable bonds is 3. The summed E-state index contributed by atoms with van der Waals surface area (Å²) in [4.78, 5) is 0.674. The molecule has 0 heterocycles. The number of hydrogen-bond donors (Lipinski definition) is 2. The lowest BCUT2D eigenvalue weighted by atomic mass is 10.1. The van der Waals surface area contributed by atoms with Crippen molar-refractivity contribution < 1.29 is 4.74 Å². The minimum Gasteiger partial charge on any atom is -0.497 e. The Bertz CT molecular complexity index is 339. The van der Waals surface area contributed by atoms with Crippen LogP contribution in [-0.2, 0) is 0 Å². The van der Waals surface area contributed by atoms with Crippen molar-refractivity contribution in [2.75, 3.05) is 19.4 Å². The molecule has 0 bridgehead atoms. The van der Waals surface area contributed by atoms with E-state index in [1.165, 1.54) is 0 Å². The van der Waals surface area contributed by atoms with Gasteiger partial charge in [-0.15, -0.1) is 0 Å². The second-order valence-corrected chi connectivity index (χ2v) is 3.22. The van der Waals surface area contributed by atoms with Crippen molar-refractivity contribution in [1.82, 2.24) is 5.32 Å². The molecule has 0 atom stereocenters. The van der Waals surface area contributed by atoms with Crippen molar-refractivity contribution >= 4 is 22.9 Å². The molecule has 76 valence electrons. The van der Waals surface area contributed by atoms with Crippen molar-refractivity contribution in [1.29, 1.82) is 0 Å². The van der Waals surface area contributed by atoms with Crippen molar-refractivity contribution in [3.8, 4) is 5.75 Å². The molecule has 0 saturated heterocycles. The molecule has 1 aromatic carbocycles. The Morgan fingerprint density at radius 2 is 2.29 bits per heavy atom. The number of anilines is 1. The normalized spacial score (nSPS) is 9.57. The van der Waals surface area contributed by atoms with Crippen LogP contribution in [-0.4, -0.2) is 18.6 Å². The summed E-state index contributed by atoms with van der Waals surface area (Å²) in [6, 6.07) is 5.47. The zero-order valence-electron chi connectivity index (χ0n) is 8.33. The summed E-state index contributed by atoms with van der Waals surface area (Å²) in [5.41, 5.74) is 7.30. The Morgan fingerprint density at radius 1 is 1.57 bits per heavy atom. The van der Waals surface area contributed by atoms with Gasteiger partial charge in [0.25, 0.3) is 0 Å². The third kappa shape index (κ3) is 2.35. The van der Waals surface area contributed by atoms with Crippen LogP contribution < -0.4 is 15.8 Å². The number of nitrogens with one attached hydrogen (secondary N) is 1. The van der Waals surface area contributed by atoms with E-state index in [0.29, 0.717) is 10.7 Å². The van der Waals surface area contributed by atoms with E-state index in [1.54, 1.807) is 13.2 Å². The zero-order chi connectivity index (χ0) is 10.6. The van der Waals surface area contributed by atoms with Crippen LogP contribution in [0.1, 0.15) is 12.5 Å². The third-order valence-electron chi connectivity index (χ3n) is 1.84. The smallest absolute Gasteiger partial charge is 0.120 e.